The number of aromatic amines is 1. The zero-order valence-corrected chi connectivity index (χ0v) is 16.5. The average Bonchev–Trinajstić information content (AvgIpc) is 3.35. The first-order chi connectivity index (χ1) is 13.7. The SMILES string of the molecule is CC(c1ccccc1)N1CCC(NC(=O)CCCc2c[nH]c3ccccc23)C1. The lowest BCUT2D eigenvalue weighted by Gasteiger charge is -2.24. The highest BCUT2D eigenvalue weighted by atomic mass is 16.1. The van der Waals surface area contributed by atoms with Crippen molar-refractivity contribution in [3.8, 4) is 0 Å². The Bertz CT molecular complexity index is 918. The number of likely N-dealkylation sites (tertiary alicyclic amines) is 1. The lowest BCUT2D eigenvalue weighted by molar-refractivity contribution is -0.121. The second kappa shape index (κ2) is 8.61. The highest BCUT2D eigenvalue weighted by Crippen LogP contribution is 2.24. The maximum Gasteiger partial charge on any atom is 0.220 e. The van der Waals surface area contributed by atoms with Crippen LogP contribution in [0, 0.1) is 0 Å². The molecule has 3 aromatic rings. The number of H-pyrrole nitrogens is 1. The molecule has 2 N–H and O–H groups in total. The van der Waals surface area contributed by atoms with Gasteiger partial charge in [-0.2, -0.15) is 0 Å². The summed E-state index contributed by atoms with van der Waals surface area (Å²) in [5.74, 6) is 0.180. The minimum Gasteiger partial charge on any atom is -0.361 e. The van der Waals surface area contributed by atoms with Gasteiger partial charge in [0.25, 0.3) is 0 Å². The van der Waals surface area contributed by atoms with Crippen LogP contribution in [-0.4, -0.2) is 34.9 Å². The number of hydrogen-bond acceptors (Lipinski definition) is 2. The molecule has 2 unspecified atom stereocenters. The number of aryl methyl sites for hydroxylation is 1. The highest BCUT2D eigenvalue weighted by Gasteiger charge is 2.27. The molecule has 2 heterocycles. The molecule has 0 radical (unpaired) electrons. The van der Waals surface area contributed by atoms with Gasteiger partial charge < -0.3 is 10.3 Å². The molecule has 2 aromatic carbocycles. The Morgan fingerprint density at radius 3 is 2.82 bits per heavy atom. The van der Waals surface area contributed by atoms with Crippen molar-refractivity contribution in [3.63, 3.8) is 0 Å². The summed E-state index contributed by atoms with van der Waals surface area (Å²) in [4.78, 5) is 18.2. The Kier molecular flexibility index (Phi) is 5.77. The number of fused-ring (bicyclic) bond motifs is 1. The molecule has 1 aliphatic heterocycles. The Balaban J connectivity index is 1.22. The van der Waals surface area contributed by atoms with Gasteiger partial charge in [0, 0.05) is 48.7 Å². The van der Waals surface area contributed by atoms with Gasteiger partial charge >= 0.3 is 0 Å². The number of aromatic nitrogens is 1. The number of rotatable bonds is 7. The largest absolute Gasteiger partial charge is 0.361 e. The van der Waals surface area contributed by atoms with Crippen molar-refractivity contribution < 1.29 is 4.79 Å². The van der Waals surface area contributed by atoms with Gasteiger partial charge in [-0.15, -0.1) is 0 Å². The lowest BCUT2D eigenvalue weighted by atomic mass is 10.1. The van der Waals surface area contributed by atoms with Crippen molar-refractivity contribution >= 4 is 16.8 Å². The first-order valence-corrected chi connectivity index (χ1v) is 10.3. The summed E-state index contributed by atoms with van der Waals surface area (Å²) in [5, 5.41) is 4.51. The van der Waals surface area contributed by atoms with Crippen molar-refractivity contribution in [2.75, 3.05) is 13.1 Å². The summed E-state index contributed by atoms with van der Waals surface area (Å²) in [5.41, 5.74) is 3.81. The second-order valence-electron chi connectivity index (χ2n) is 7.85. The Morgan fingerprint density at radius 1 is 1.18 bits per heavy atom. The standard InChI is InChI=1S/C24H29N3O/c1-18(19-8-3-2-4-9-19)27-15-14-21(17-27)26-24(28)13-7-10-20-16-25-23-12-6-5-11-22(20)23/h2-6,8-9,11-12,16,18,21,25H,7,10,13-15,17H2,1H3,(H,26,28). The van der Waals surface area contributed by atoms with E-state index in [4.69, 9.17) is 0 Å². The molecular formula is C24H29N3O. The van der Waals surface area contributed by atoms with E-state index in [1.54, 1.807) is 0 Å². The van der Waals surface area contributed by atoms with Crippen molar-refractivity contribution in [3.05, 3.63) is 71.9 Å². The third-order valence-electron chi connectivity index (χ3n) is 5.94. The molecule has 1 amide bonds. The van der Waals surface area contributed by atoms with Gasteiger partial charge in [-0.05, 0) is 43.4 Å². The van der Waals surface area contributed by atoms with Gasteiger partial charge in [-0.3, -0.25) is 9.69 Å². The minimum absolute atomic E-state index is 0.180. The Hall–Kier alpha value is -2.59. The number of nitrogens with one attached hydrogen (secondary N) is 2. The molecule has 28 heavy (non-hydrogen) atoms. The number of nitrogens with zero attached hydrogens (tertiary/aromatic N) is 1. The fourth-order valence-electron chi connectivity index (χ4n) is 4.28. The fraction of sp³-hybridized carbons (Fsp3) is 0.375. The van der Waals surface area contributed by atoms with Crippen molar-refractivity contribution in [1.29, 1.82) is 0 Å². The molecule has 0 aliphatic carbocycles. The first-order valence-electron chi connectivity index (χ1n) is 10.3. The predicted molar refractivity (Wildman–Crippen MR) is 114 cm³/mol. The molecule has 4 rings (SSSR count). The van der Waals surface area contributed by atoms with E-state index in [0.717, 1.165) is 32.4 Å². The molecule has 1 aromatic heterocycles. The van der Waals surface area contributed by atoms with Crippen molar-refractivity contribution in [1.82, 2.24) is 15.2 Å². The second-order valence-corrected chi connectivity index (χ2v) is 7.85. The van der Waals surface area contributed by atoms with Crippen LogP contribution >= 0.6 is 0 Å². The number of benzene rings is 2. The van der Waals surface area contributed by atoms with Gasteiger partial charge in [0.2, 0.25) is 5.91 Å². The van der Waals surface area contributed by atoms with Crippen LogP contribution in [0.15, 0.2) is 60.8 Å². The van der Waals surface area contributed by atoms with E-state index in [9.17, 15) is 4.79 Å². The summed E-state index contributed by atoms with van der Waals surface area (Å²) in [6, 6.07) is 19.6. The van der Waals surface area contributed by atoms with Crippen LogP contribution in [0.25, 0.3) is 10.9 Å². The third kappa shape index (κ3) is 4.28. The third-order valence-corrected chi connectivity index (χ3v) is 5.94. The molecule has 1 saturated heterocycles. The number of para-hydroxylation sites is 1. The first kappa shape index (κ1) is 18.8. The molecule has 0 saturated carbocycles. The normalized spacial score (nSPS) is 18.4. The fourth-order valence-corrected chi connectivity index (χ4v) is 4.28. The van der Waals surface area contributed by atoms with Crippen LogP contribution in [-0.2, 0) is 11.2 Å². The molecule has 4 heteroatoms. The maximum atomic E-state index is 12.4. The maximum absolute atomic E-state index is 12.4. The number of hydrogen-bond donors (Lipinski definition) is 2. The molecule has 1 fully saturated rings. The summed E-state index contributed by atoms with van der Waals surface area (Å²) >= 11 is 0. The van der Waals surface area contributed by atoms with Crippen molar-refractivity contribution in [2.45, 2.75) is 44.7 Å². The smallest absolute Gasteiger partial charge is 0.220 e. The lowest BCUT2D eigenvalue weighted by Crippen LogP contribution is -2.37. The molecular weight excluding hydrogens is 346 g/mol. The van der Waals surface area contributed by atoms with Gasteiger partial charge in [0.1, 0.15) is 0 Å². The summed E-state index contributed by atoms with van der Waals surface area (Å²) in [7, 11) is 0. The van der Waals surface area contributed by atoms with Crippen LogP contribution in [0.4, 0.5) is 0 Å². The topological polar surface area (TPSA) is 48.1 Å². The van der Waals surface area contributed by atoms with Gasteiger partial charge in [-0.25, -0.2) is 0 Å². The average molecular weight is 376 g/mol. The van der Waals surface area contributed by atoms with Crippen LogP contribution < -0.4 is 5.32 Å². The van der Waals surface area contributed by atoms with E-state index in [-0.39, 0.29) is 11.9 Å². The van der Waals surface area contributed by atoms with Crippen LogP contribution in [0.3, 0.4) is 0 Å². The summed E-state index contributed by atoms with van der Waals surface area (Å²) in [6.45, 7) is 4.22. The molecule has 0 bridgehead atoms. The summed E-state index contributed by atoms with van der Waals surface area (Å²) in [6.07, 6.45) is 5.50. The van der Waals surface area contributed by atoms with Gasteiger partial charge in [0.05, 0.1) is 0 Å². The minimum atomic E-state index is 0.180. The van der Waals surface area contributed by atoms with E-state index in [1.165, 1.54) is 22.0 Å². The monoisotopic (exact) mass is 375 g/mol. The molecule has 0 spiro atoms. The molecule has 146 valence electrons. The van der Waals surface area contributed by atoms with E-state index in [2.05, 4.69) is 76.9 Å². The Morgan fingerprint density at radius 2 is 1.96 bits per heavy atom. The number of amides is 1. The molecule has 1 aliphatic rings. The van der Waals surface area contributed by atoms with E-state index in [0.29, 0.717) is 12.5 Å². The highest BCUT2D eigenvalue weighted by molar-refractivity contribution is 5.83. The van der Waals surface area contributed by atoms with Crippen LogP contribution in [0.2, 0.25) is 0 Å². The van der Waals surface area contributed by atoms with Crippen molar-refractivity contribution in [2.24, 2.45) is 0 Å². The predicted octanol–water partition coefficient (Wildman–Crippen LogP) is 4.44. The van der Waals surface area contributed by atoms with Gasteiger partial charge in [0.15, 0.2) is 0 Å². The number of carbonyl (C=O) groups is 1. The van der Waals surface area contributed by atoms with E-state index >= 15 is 0 Å². The van der Waals surface area contributed by atoms with Gasteiger partial charge in [-0.1, -0.05) is 48.5 Å². The zero-order valence-electron chi connectivity index (χ0n) is 16.5. The zero-order chi connectivity index (χ0) is 19.3. The molecule has 4 nitrogen and oxygen atoms in total. The van der Waals surface area contributed by atoms with E-state index < -0.39 is 0 Å². The van der Waals surface area contributed by atoms with E-state index in [1.807, 2.05) is 6.07 Å². The quantitative estimate of drug-likeness (QED) is 0.641. The molecule has 2 atom stereocenters. The summed E-state index contributed by atoms with van der Waals surface area (Å²) < 4.78 is 0. The van der Waals surface area contributed by atoms with Crippen LogP contribution in [0.5, 0.6) is 0 Å². The number of carbonyl (C=O) groups excluding carboxylic acids is 1. The van der Waals surface area contributed by atoms with Crippen LogP contribution in [0.1, 0.15) is 43.4 Å². The Labute approximate surface area is 166 Å².